The van der Waals surface area contributed by atoms with Crippen molar-refractivity contribution < 1.29 is 23.0 Å². The highest BCUT2D eigenvalue weighted by Gasteiger charge is 2.31. The van der Waals surface area contributed by atoms with E-state index in [1.165, 1.54) is 38.2 Å². The zero-order valence-electron chi connectivity index (χ0n) is 17.9. The van der Waals surface area contributed by atoms with Crippen LogP contribution < -0.4 is 4.74 Å². The van der Waals surface area contributed by atoms with E-state index >= 15 is 0 Å². The first-order chi connectivity index (χ1) is 14.1. The van der Waals surface area contributed by atoms with Crippen LogP contribution in [0.3, 0.4) is 0 Å². The molecule has 0 spiro atoms. The van der Waals surface area contributed by atoms with Gasteiger partial charge >= 0.3 is 0 Å². The smallest absolute Gasteiger partial charge is 0.200 e. The lowest BCUT2D eigenvalue weighted by atomic mass is 9.77. The van der Waals surface area contributed by atoms with E-state index < -0.39 is 11.6 Å². The zero-order valence-corrected chi connectivity index (χ0v) is 17.9. The number of benzene rings is 1. The highest BCUT2D eigenvalue weighted by molar-refractivity contribution is 5.30. The zero-order chi connectivity index (χ0) is 20.6. The van der Waals surface area contributed by atoms with Gasteiger partial charge in [0.05, 0.1) is 32.0 Å². The van der Waals surface area contributed by atoms with Gasteiger partial charge in [-0.15, -0.1) is 0 Å². The summed E-state index contributed by atoms with van der Waals surface area (Å²) in [4.78, 5) is 0. The Kier molecular flexibility index (Phi) is 8.73. The van der Waals surface area contributed by atoms with Crippen molar-refractivity contribution in [3.05, 3.63) is 29.3 Å². The van der Waals surface area contributed by atoms with E-state index in [1.807, 2.05) is 6.92 Å². The second kappa shape index (κ2) is 11.3. The van der Waals surface area contributed by atoms with E-state index in [9.17, 15) is 8.78 Å². The lowest BCUT2D eigenvalue weighted by molar-refractivity contribution is -0.112. The average molecular weight is 411 g/mol. The molecule has 1 aromatic carbocycles. The minimum Gasteiger partial charge on any atom is -0.490 e. The molecule has 2 atom stereocenters. The molecule has 1 aliphatic heterocycles. The van der Waals surface area contributed by atoms with Gasteiger partial charge in [0.1, 0.15) is 0 Å². The van der Waals surface area contributed by atoms with Gasteiger partial charge in [0.15, 0.2) is 11.6 Å². The Balaban J connectivity index is 1.43. The molecule has 5 heteroatoms. The largest absolute Gasteiger partial charge is 0.490 e. The molecule has 2 unspecified atom stereocenters. The van der Waals surface area contributed by atoms with Crippen LogP contribution in [0.5, 0.6) is 5.75 Å². The number of ether oxygens (including phenoxy) is 3. The van der Waals surface area contributed by atoms with E-state index in [1.54, 1.807) is 6.07 Å². The summed E-state index contributed by atoms with van der Waals surface area (Å²) in [5, 5.41) is 0. The first-order valence-electron chi connectivity index (χ1n) is 11.4. The van der Waals surface area contributed by atoms with Crippen molar-refractivity contribution in [3.63, 3.8) is 0 Å². The van der Waals surface area contributed by atoms with Gasteiger partial charge in [0.2, 0.25) is 5.82 Å². The van der Waals surface area contributed by atoms with E-state index in [2.05, 4.69) is 6.92 Å². The lowest BCUT2D eigenvalue weighted by Crippen LogP contribution is -2.37. The van der Waals surface area contributed by atoms with Crippen molar-refractivity contribution in [2.24, 2.45) is 11.8 Å². The third kappa shape index (κ3) is 6.14. The second-order valence-corrected chi connectivity index (χ2v) is 8.62. The van der Waals surface area contributed by atoms with Crippen LogP contribution in [0, 0.1) is 23.5 Å². The average Bonchev–Trinajstić information content (AvgIpc) is 2.77. The van der Waals surface area contributed by atoms with E-state index in [0.717, 1.165) is 31.6 Å². The third-order valence-electron chi connectivity index (χ3n) is 6.62. The first kappa shape index (κ1) is 22.5. The van der Waals surface area contributed by atoms with Crippen LogP contribution in [0.1, 0.15) is 77.2 Å². The SMILES string of the molecule is CCCCOc1ccc(COC2CCC(C3CCC(CC)CC3)OC2)c(F)c1F. The number of rotatable bonds is 9. The van der Waals surface area contributed by atoms with E-state index in [-0.39, 0.29) is 24.0 Å². The van der Waals surface area contributed by atoms with Gasteiger partial charge in [-0.1, -0.05) is 39.5 Å². The Hall–Kier alpha value is -1.20. The number of hydrogen-bond donors (Lipinski definition) is 0. The maximum atomic E-state index is 14.3. The van der Waals surface area contributed by atoms with Crippen LogP contribution in [-0.4, -0.2) is 25.4 Å². The molecule has 0 amide bonds. The Morgan fingerprint density at radius 2 is 1.79 bits per heavy atom. The molecule has 2 fully saturated rings. The molecule has 0 radical (unpaired) electrons. The molecule has 0 bridgehead atoms. The van der Waals surface area contributed by atoms with Gasteiger partial charge in [-0.3, -0.25) is 0 Å². The standard InChI is InChI=1S/C24H36F2O3/c1-3-5-14-27-22-12-10-19(23(25)24(22)26)15-28-20-11-13-21(29-16-20)18-8-6-17(4-2)7-9-18/h10,12,17-18,20-21H,3-9,11,13-16H2,1-2H3. The third-order valence-corrected chi connectivity index (χ3v) is 6.62. The van der Waals surface area contributed by atoms with E-state index in [4.69, 9.17) is 14.2 Å². The molecule has 1 aliphatic carbocycles. The van der Waals surface area contributed by atoms with Crippen LogP contribution >= 0.6 is 0 Å². The molecular formula is C24H36F2O3. The first-order valence-corrected chi connectivity index (χ1v) is 11.4. The summed E-state index contributed by atoms with van der Waals surface area (Å²) >= 11 is 0. The fraction of sp³-hybridized carbons (Fsp3) is 0.750. The molecule has 3 nitrogen and oxygen atoms in total. The number of halogens is 2. The van der Waals surface area contributed by atoms with Crippen molar-refractivity contribution in [2.75, 3.05) is 13.2 Å². The maximum absolute atomic E-state index is 14.3. The van der Waals surface area contributed by atoms with Crippen LogP contribution in [0.2, 0.25) is 0 Å². The summed E-state index contributed by atoms with van der Waals surface area (Å²) in [7, 11) is 0. The normalized spacial score (nSPS) is 27.7. The quantitative estimate of drug-likeness (QED) is 0.439. The Bertz CT molecular complexity index is 621. The Morgan fingerprint density at radius 3 is 2.45 bits per heavy atom. The molecule has 164 valence electrons. The molecule has 0 aromatic heterocycles. The van der Waals surface area contributed by atoms with Gasteiger partial charge in [-0.2, -0.15) is 4.39 Å². The predicted octanol–water partition coefficient (Wildman–Crippen LogP) is 6.42. The summed E-state index contributed by atoms with van der Waals surface area (Å²) < 4.78 is 45.8. The second-order valence-electron chi connectivity index (χ2n) is 8.62. The van der Waals surface area contributed by atoms with Crippen molar-refractivity contribution >= 4 is 0 Å². The van der Waals surface area contributed by atoms with Crippen LogP contribution in [0.15, 0.2) is 12.1 Å². The predicted molar refractivity (Wildman–Crippen MR) is 110 cm³/mol. The van der Waals surface area contributed by atoms with Crippen LogP contribution in [0.25, 0.3) is 0 Å². The van der Waals surface area contributed by atoms with Crippen molar-refractivity contribution in [1.82, 2.24) is 0 Å². The summed E-state index contributed by atoms with van der Waals surface area (Å²) in [5.74, 6) is -0.261. The highest BCUT2D eigenvalue weighted by Crippen LogP contribution is 2.36. The van der Waals surface area contributed by atoms with E-state index in [0.29, 0.717) is 25.2 Å². The van der Waals surface area contributed by atoms with Crippen molar-refractivity contribution in [3.8, 4) is 5.75 Å². The highest BCUT2D eigenvalue weighted by atomic mass is 19.2. The summed E-state index contributed by atoms with van der Waals surface area (Å²) in [6.07, 6.45) is 10.4. The molecule has 1 saturated heterocycles. The molecule has 1 aromatic rings. The summed E-state index contributed by atoms with van der Waals surface area (Å²) in [6, 6.07) is 3.05. The van der Waals surface area contributed by atoms with Gasteiger partial charge in [0.25, 0.3) is 0 Å². The van der Waals surface area contributed by atoms with Gasteiger partial charge < -0.3 is 14.2 Å². The fourth-order valence-corrected chi connectivity index (χ4v) is 4.55. The molecule has 0 N–H and O–H groups in total. The number of unbranched alkanes of at least 4 members (excludes halogenated alkanes) is 1. The van der Waals surface area contributed by atoms with Gasteiger partial charge in [-0.25, -0.2) is 4.39 Å². The molecule has 1 saturated carbocycles. The minimum absolute atomic E-state index is 0.0265. The number of hydrogen-bond acceptors (Lipinski definition) is 3. The molecule has 1 heterocycles. The minimum atomic E-state index is -0.926. The maximum Gasteiger partial charge on any atom is 0.200 e. The van der Waals surface area contributed by atoms with Gasteiger partial charge in [-0.05, 0) is 56.1 Å². The molecule has 29 heavy (non-hydrogen) atoms. The van der Waals surface area contributed by atoms with Crippen molar-refractivity contribution in [1.29, 1.82) is 0 Å². The lowest BCUT2D eigenvalue weighted by Gasteiger charge is -2.37. The fourth-order valence-electron chi connectivity index (χ4n) is 4.55. The van der Waals surface area contributed by atoms with Crippen LogP contribution in [-0.2, 0) is 16.1 Å². The summed E-state index contributed by atoms with van der Waals surface area (Å²) in [6.45, 7) is 5.29. The summed E-state index contributed by atoms with van der Waals surface area (Å²) in [5.41, 5.74) is 0.227. The Morgan fingerprint density at radius 1 is 1.00 bits per heavy atom. The Labute approximate surface area is 174 Å². The molecular weight excluding hydrogens is 374 g/mol. The van der Waals surface area contributed by atoms with Crippen molar-refractivity contribution in [2.45, 2.75) is 90.4 Å². The van der Waals surface area contributed by atoms with Crippen LogP contribution in [0.4, 0.5) is 8.78 Å². The topological polar surface area (TPSA) is 27.7 Å². The molecule has 3 rings (SSSR count). The monoisotopic (exact) mass is 410 g/mol. The molecule has 2 aliphatic rings. The van der Waals surface area contributed by atoms with Gasteiger partial charge in [0, 0.05) is 5.56 Å².